The molecule has 0 bridgehead atoms. The highest BCUT2D eigenvalue weighted by Gasteiger charge is 2.36. The number of alkyl carbamates (subject to hydrolysis) is 1. The van der Waals surface area contributed by atoms with Gasteiger partial charge in [-0.15, -0.1) is 0 Å². The van der Waals surface area contributed by atoms with Crippen LogP contribution in [0.25, 0.3) is 0 Å². The Balaban J connectivity index is 3.42. The van der Waals surface area contributed by atoms with Crippen molar-refractivity contribution in [1.82, 2.24) is 15.5 Å². The van der Waals surface area contributed by atoms with Crippen LogP contribution < -0.4 is 10.6 Å². The SMILES string of the molecule is CCCCNC(=O)C(c1ccc(C)c(C)c1)N(CCC)C(=O)C(CC(C)C)NC(=O)OC(C)(C)C. The molecule has 0 saturated carbocycles. The Morgan fingerprint density at radius 2 is 1.69 bits per heavy atom. The zero-order valence-corrected chi connectivity index (χ0v) is 23.3. The van der Waals surface area contributed by atoms with E-state index in [0.717, 1.165) is 29.5 Å². The highest BCUT2D eigenvalue weighted by Crippen LogP contribution is 2.26. The Labute approximate surface area is 212 Å². The van der Waals surface area contributed by atoms with E-state index in [9.17, 15) is 14.4 Å². The fraction of sp³-hybridized carbons (Fsp3) is 0.679. The third kappa shape index (κ3) is 10.3. The number of aryl methyl sites for hydroxylation is 2. The summed E-state index contributed by atoms with van der Waals surface area (Å²) in [5.74, 6) is -0.329. The number of hydrogen-bond donors (Lipinski definition) is 2. The minimum Gasteiger partial charge on any atom is -0.444 e. The van der Waals surface area contributed by atoms with E-state index < -0.39 is 23.8 Å². The van der Waals surface area contributed by atoms with Gasteiger partial charge in [0.1, 0.15) is 17.7 Å². The van der Waals surface area contributed by atoms with E-state index in [1.807, 2.05) is 52.8 Å². The zero-order valence-electron chi connectivity index (χ0n) is 23.3. The monoisotopic (exact) mass is 489 g/mol. The van der Waals surface area contributed by atoms with Crippen LogP contribution in [-0.4, -0.2) is 47.5 Å². The highest BCUT2D eigenvalue weighted by atomic mass is 16.6. The number of benzene rings is 1. The van der Waals surface area contributed by atoms with Crippen LogP contribution in [0.15, 0.2) is 18.2 Å². The van der Waals surface area contributed by atoms with Crippen LogP contribution in [0.5, 0.6) is 0 Å². The van der Waals surface area contributed by atoms with Crippen molar-refractivity contribution < 1.29 is 19.1 Å². The number of nitrogens with zero attached hydrogens (tertiary/aromatic N) is 1. The van der Waals surface area contributed by atoms with Crippen molar-refractivity contribution in [2.75, 3.05) is 13.1 Å². The number of carbonyl (C=O) groups excluding carboxylic acids is 3. The molecule has 0 spiro atoms. The molecule has 0 aliphatic carbocycles. The first-order chi connectivity index (χ1) is 16.3. The molecule has 2 atom stereocenters. The largest absolute Gasteiger partial charge is 0.444 e. The van der Waals surface area contributed by atoms with Crippen molar-refractivity contribution in [3.05, 3.63) is 34.9 Å². The molecular formula is C28H47N3O4. The van der Waals surface area contributed by atoms with Crippen LogP contribution in [-0.2, 0) is 14.3 Å². The van der Waals surface area contributed by atoms with Crippen molar-refractivity contribution in [2.45, 2.75) is 106 Å². The fourth-order valence-corrected chi connectivity index (χ4v) is 3.84. The Hall–Kier alpha value is -2.57. The minimum absolute atomic E-state index is 0.154. The van der Waals surface area contributed by atoms with Gasteiger partial charge in [-0.25, -0.2) is 4.79 Å². The molecule has 0 saturated heterocycles. The molecule has 0 aliphatic heterocycles. The van der Waals surface area contributed by atoms with Crippen molar-refractivity contribution in [3.63, 3.8) is 0 Å². The average Bonchev–Trinajstić information content (AvgIpc) is 2.73. The fourth-order valence-electron chi connectivity index (χ4n) is 3.84. The second kappa shape index (κ2) is 14.1. The molecular weight excluding hydrogens is 442 g/mol. The van der Waals surface area contributed by atoms with Crippen LogP contribution in [0.1, 0.15) is 96.9 Å². The number of nitrogens with one attached hydrogen (secondary N) is 2. The van der Waals surface area contributed by atoms with E-state index in [0.29, 0.717) is 25.9 Å². The summed E-state index contributed by atoms with van der Waals surface area (Å²) in [6, 6.07) is 4.30. The van der Waals surface area contributed by atoms with E-state index in [1.54, 1.807) is 25.7 Å². The van der Waals surface area contributed by atoms with E-state index in [-0.39, 0.29) is 17.7 Å². The number of amides is 3. The second-order valence-corrected chi connectivity index (χ2v) is 10.8. The number of unbranched alkanes of at least 4 members (excludes halogenated alkanes) is 1. The van der Waals surface area contributed by atoms with Gasteiger partial charge in [0, 0.05) is 13.1 Å². The summed E-state index contributed by atoms with van der Waals surface area (Å²) in [7, 11) is 0. The van der Waals surface area contributed by atoms with E-state index in [4.69, 9.17) is 4.74 Å². The second-order valence-electron chi connectivity index (χ2n) is 10.8. The lowest BCUT2D eigenvalue weighted by Crippen LogP contribution is -2.53. The van der Waals surface area contributed by atoms with Gasteiger partial charge < -0.3 is 20.3 Å². The quantitative estimate of drug-likeness (QED) is 0.383. The van der Waals surface area contributed by atoms with Gasteiger partial charge >= 0.3 is 6.09 Å². The van der Waals surface area contributed by atoms with E-state index in [1.165, 1.54) is 0 Å². The first-order valence-electron chi connectivity index (χ1n) is 13.0. The zero-order chi connectivity index (χ0) is 26.8. The molecule has 7 heteroatoms. The molecule has 0 fully saturated rings. The van der Waals surface area contributed by atoms with Crippen molar-refractivity contribution in [1.29, 1.82) is 0 Å². The lowest BCUT2D eigenvalue weighted by molar-refractivity contribution is -0.142. The number of carbonyl (C=O) groups is 3. The molecule has 0 aromatic heterocycles. The van der Waals surface area contributed by atoms with Gasteiger partial charge in [0.25, 0.3) is 0 Å². The summed E-state index contributed by atoms with van der Waals surface area (Å²) in [6.07, 6.45) is 2.31. The Kier molecular flexibility index (Phi) is 12.3. The molecule has 1 aromatic rings. The van der Waals surface area contributed by atoms with Crippen molar-refractivity contribution in [2.24, 2.45) is 5.92 Å². The highest BCUT2D eigenvalue weighted by molar-refractivity contribution is 5.92. The maximum absolute atomic E-state index is 13.9. The van der Waals surface area contributed by atoms with E-state index in [2.05, 4.69) is 17.6 Å². The third-order valence-electron chi connectivity index (χ3n) is 5.68. The molecule has 2 unspecified atom stereocenters. The van der Waals surface area contributed by atoms with Crippen LogP contribution in [0.3, 0.4) is 0 Å². The van der Waals surface area contributed by atoms with Crippen LogP contribution in [0, 0.1) is 19.8 Å². The van der Waals surface area contributed by atoms with Gasteiger partial charge in [0.2, 0.25) is 11.8 Å². The summed E-state index contributed by atoms with van der Waals surface area (Å²) >= 11 is 0. The lowest BCUT2D eigenvalue weighted by atomic mass is 9.96. The summed E-state index contributed by atoms with van der Waals surface area (Å²) in [6.45, 7) is 18.4. The normalized spacial score (nSPS) is 13.2. The van der Waals surface area contributed by atoms with Crippen molar-refractivity contribution >= 4 is 17.9 Å². The first-order valence-corrected chi connectivity index (χ1v) is 13.0. The molecule has 1 aromatic carbocycles. The van der Waals surface area contributed by atoms with Gasteiger partial charge in [-0.1, -0.05) is 52.3 Å². The summed E-state index contributed by atoms with van der Waals surface area (Å²) < 4.78 is 5.43. The lowest BCUT2D eigenvalue weighted by Gasteiger charge is -2.35. The molecule has 35 heavy (non-hydrogen) atoms. The molecule has 3 amide bonds. The molecule has 1 rings (SSSR count). The third-order valence-corrected chi connectivity index (χ3v) is 5.68. The van der Waals surface area contributed by atoms with Crippen LogP contribution in [0.2, 0.25) is 0 Å². The van der Waals surface area contributed by atoms with Crippen LogP contribution in [0.4, 0.5) is 4.79 Å². The Morgan fingerprint density at radius 1 is 1.03 bits per heavy atom. The van der Waals surface area contributed by atoms with Gasteiger partial charge in [-0.3, -0.25) is 9.59 Å². The number of hydrogen-bond acceptors (Lipinski definition) is 4. The molecule has 198 valence electrons. The average molecular weight is 490 g/mol. The van der Waals surface area contributed by atoms with Gasteiger partial charge in [0.05, 0.1) is 0 Å². The molecule has 0 heterocycles. The first kappa shape index (κ1) is 30.5. The Morgan fingerprint density at radius 3 is 2.20 bits per heavy atom. The van der Waals surface area contributed by atoms with Crippen molar-refractivity contribution in [3.8, 4) is 0 Å². The maximum atomic E-state index is 13.9. The van der Waals surface area contributed by atoms with Gasteiger partial charge in [-0.05, 0) is 76.5 Å². The minimum atomic E-state index is -0.797. The predicted molar refractivity (Wildman–Crippen MR) is 141 cm³/mol. The topological polar surface area (TPSA) is 87.7 Å². The number of rotatable bonds is 12. The summed E-state index contributed by atoms with van der Waals surface area (Å²) in [5, 5.41) is 5.79. The predicted octanol–water partition coefficient (Wildman–Crippen LogP) is 5.44. The Bertz CT molecular complexity index is 845. The van der Waals surface area contributed by atoms with Crippen LogP contribution >= 0.6 is 0 Å². The van der Waals surface area contributed by atoms with Gasteiger partial charge in [-0.2, -0.15) is 0 Å². The van der Waals surface area contributed by atoms with Gasteiger partial charge in [0.15, 0.2) is 0 Å². The standard InChI is InChI=1S/C28H47N3O4/c1-10-12-15-29-25(32)24(22-14-13-20(5)21(6)18-22)31(16-11-2)26(33)23(17-19(3)4)30-27(34)35-28(7,8)9/h13-14,18-19,23-24H,10-12,15-17H2,1-9H3,(H,29,32)(H,30,34). The molecule has 7 nitrogen and oxygen atoms in total. The number of ether oxygens (including phenoxy) is 1. The smallest absolute Gasteiger partial charge is 0.408 e. The van der Waals surface area contributed by atoms with E-state index >= 15 is 0 Å². The molecule has 0 radical (unpaired) electrons. The molecule has 2 N–H and O–H groups in total. The maximum Gasteiger partial charge on any atom is 0.408 e. The summed E-state index contributed by atoms with van der Waals surface area (Å²) in [5.41, 5.74) is 2.27. The molecule has 0 aliphatic rings. The summed E-state index contributed by atoms with van der Waals surface area (Å²) in [4.78, 5) is 41.6.